The van der Waals surface area contributed by atoms with Crippen LogP contribution in [0.25, 0.3) is 0 Å². The van der Waals surface area contributed by atoms with Crippen LogP contribution in [0, 0.1) is 0 Å². The molecule has 0 aliphatic heterocycles. The minimum Gasteiger partial charge on any atom is -0.462 e. The lowest BCUT2D eigenvalue weighted by Gasteiger charge is -2.19. The van der Waals surface area contributed by atoms with E-state index in [1.54, 1.807) is 0 Å². The smallest absolute Gasteiger partial charge is 0.462 e. The van der Waals surface area contributed by atoms with E-state index >= 15 is 0 Å². The molecule has 0 saturated heterocycles. The topological polar surface area (TPSA) is 134 Å². The number of phosphoric acid groups is 1. The standard InChI is InChI=1S/C25H50NO8P/c1-3-5-7-9-10-11-12-13-14-16-18-25(28)34-23(22-33-35(29,30)32-20-19-26)21-31-24(27)17-15-8-6-4-2/h23H,3-22,26H2,1-2H3,(H,29,30). The SMILES string of the molecule is CCCCCCCCCCCCC(=O)OC(COC(=O)CCCCCC)COP(=O)(O)OCCN. The molecule has 0 aromatic carbocycles. The molecular formula is C25H50NO8P. The summed E-state index contributed by atoms with van der Waals surface area (Å²) >= 11 is 0. The summed E-state index contributed by atoms with van der Waals surface area (Å²) in [6, 6.07) is 0. The van der Waals surface area contributed by atoms with Crippen molar-refractivity contribution in [2.45, 2.75) is 123 Å². The van der Waals surface area contributed by atoms with Gasteiger partial charge < -0.3 is 20.1 Å². The average molecular weight is 524 g/mol. The predicted octanol–water partition coefficient (Wildman–Crippen LogP) is 5.82. The molecule has 0 amide bonds. The molecule has 0 bridgehead atoms. The highest BCUT2D eigenvalue weighted by atomic mass is 31.2. The van der Waals surface area contributed by atoms with Crippen molar-refractivity contribution in [2.75, 3.05) is 26.4 Å². The quantitative estimate of drug-likeness (QED) is 0.0862. The Labute approximate surface area is 212 Å². The fourth-order valence-corrected chi connectivity index (χ4v) is 4.22. The van der Waals surface area contributed by atoms with Gasteiger partial charge in [0, 0.05) is 19.4 Å². The number of phosphoric ester groups is 1. The third-order valence-electron chi connectivity index (χ3n) is 5.49. The van der Waals surface area contributed by atoms with E-state index in [4.69, 9.17) is 24.3 Å². The van der Waals surface area contributed by atoms with Gasteiger partial charge in [-0.05, 0) is 12.8 Å². The Balaban J connectivity index is 4.34. The van der Waals surface area contributed by atoms with Crippen LogP contribution in [0.2, 0.25) is 0 Å². The molecule has 0 aromatic heterocycles. The van der Waals surface area contributed by atoms with Crippen molar-refractivity contribution in [3.8, 4) is 0 Å². The van der Waals surface area contributed by atoms with Crippen molar-refractivity contribution in [3.05, 3.63) is 0 Å². The second kappa shape index (κ2) is 23.4. The van der Waals surface area contributed by atoms with Gasteiger partial charge in [0.05, 0.1) is 13.2 Å². The lowest BCUT2D eigenvalue weighted by Crippen LogP contribution is -2.29. The molecule has 2 unspecified atom stereocenters. The van der Waals surface area contributed by atoms with Gasteiger partial charge >= 0.3 is 19.8 Å². The molecule has 35 heavy (non-hydrogen) atoms. The van der Waals surface area contributed by atoms with Crippen LogP contribution >= 0.6 is 7.82 Å². The molecule has 0 fully saturated rings. The van der Waals surface area contributed by atoms with E-state index in [1.807, 2.05) is 0 Å². The summed E-state index contributed by atoms with van der Waals surface area (Å²) in [4.78, 5) is 33.9. The van der Waals surface area contributed by atoms with E-state index in [2.05, 4.69) is 13.8 Å². The number of ether oxygens (including phenoxy) is 2. The van der Waals surface area contributed by atoms with E-state index in [0.717, 1.165) is 38.5 Å². The molecule has 10 heteroatoms. The van der Waals surface area contributed by atoms with Crippen LogP contribution in [0.1, 0.15) is 117 Å². The molecule has 0 saturated carbocycles. The van der Waals surface area contributed by atoms with Crippen molar-refractivity contribution in [2.24, 2.45) is 5.73 Å². The van der Waals surface area contributed by atoms with Gasteiger partial charge in [-0.1, -0.05) is 90.9 Å². The lowest BCUT2D eigenvalue weighted by atomic mass is 10.1. The minimum absolute atomic E-state index is 0.0564. The highest BCUT2D eigenvalue weighted by Gasteiger charge is 2.25. The second-order valence-corrected chi connectivity index (χ2v) is 10.4. The molecular weight excluding hydrogens is 473 g/mol. The molecule has 208 valence electrons. The maximum atomic E-state index is 12.3. The van der Waals surface area contributed by atoms with Crippen LogP contribution in [0.5, 0.6) is 0 Å². The summed E-state index contributed by atoms with van der Waals surface area (Å²) in [5.41, 5.74) is 5.27. The molecule has 0 heterocycles. The van der Waals surface area contributed by atoms with Gasteiger partial charge in [0.15, 0.2) is 6.10 Å². The summed E-state index contributed by atoms with van der Waals surface area (Å²) in [6.07, 6.45) is 14.9. The van der Waals surface area contributed by atoms with Crippen LogP contribution in [0.4, 0.5) is 0 Å². The zero-order valence-electron chi connectivity index (χ0n) is 22.0. The van der Waals surface area contributed by atoms with Gasteiger partial charge in [-0.3, -0.25) is 18.6 Å². The lowest BCUT2D eigenvalue weighted by molar-refractivity contribution is -0.161. The van der Waals surface area contributed by atoms with E-state index in [0.29, 0.717) is 6.42 Å². The molecule has 3 N–H and O–H groups in total. The number of hydrogen-bond donors (Lipinski definition) is 2. The van der Waals surface area contributed by atoms with Crippen LogP contribution in [-0.2, 0) is 32.7 Å². The number of esters is 2. The largest absolute Gasteiger partial charge is 0.472 e. The maximum Gasteiger partial charge on any atom is 0.472 e. The van der Waals surface area contributed by atoms with Crippen LogP contribution in [0.15, 0.2) is 0 Å². The Bertz CT molecular complexity index is 576. The zero-order chi connectivity index (χ0) is 26.2. The normalized spacial score (nSPS) is 13.8. The molecule has 0 radical (unpaired) electrons. The monoisotopic (exact) mass is 523 g/mol. The van der Waals surface area contributed by atoms with Gasteiger partial charge in [-0.25, -0.2) is 4.57 Å². The molecule has 0 rings (SSSR count). The molecule has 2 atom stereocenters. The highest BCUT2D eigenvalue weighted by Crippen LogP contribution is 2.43. The summed E-state index contributed by atoms with van der Waals surface area (Å²) in [5, 5.41) is 0. The first-order valence-electron chi connectivity index (χ1n) is 13.5. The van der Waals surface area contributed by atoms with Crippen molar-refractivity contribution < 1.29 is 37.6 Å². The van der Waals surface area contributed by atoms with Crippen molar-refractivity contribution >= 4 is 19.8 Å². The Morgan fingerprint density at radius 1 is 0.743 bits per heavy atom. The van der Waals surface area contributed by atoms with Gasteiger partial charge in [-0.2, -0.15) is 0 Å². The third kappa shape index (κ3) is 23.2. The average Bonchev–Trinajstić information content (AvgIpc) is 2.83. The third-order valence-corrected chi connectivity index (χ3v) is 6.48. The molecule has 0 spiro atoms. The minimum atomic E-state index is -4.34. The fourth-order valence-electron chi connectivity index (χ4n) is 3.45. The number of hydrogen-bond acceptors (Lipinski definition) is 8. The summed E-state index contributed by atoms with van der Waals surface area (Å²) < 4.78 is 32.1. The number of carbonyl (C=O) groups excluding carboxylic acids is 2. The second-order valence-electron chi connectivity index (χ2n) is 8.92. The molecule has 0 aliphatic rings. The number of unbranched alkanes of at least 4 members (excludes halogenated alkanes) is 12. The first-order valence-corrected chi connectivity index (χ1v) is 15.0. The van der Waals surface area contributed by atoms with Gasteiger partial charge in [0.1, 0.15) is 6.61 Å². The first kappa shape index (κ1) is 34.0. The predicted molar refractivity (Wildman–Crippen MR) is 137 cm³/mol. The number of nitrogens with two attached hydrogens (primary N) is 1. The van der Waals surface area contributed by atoms with E-state index in [-0.39, 0.29) is 32.6 Å². The molecule has 0 aliphatic carbocycles. The Hall–Kier alpha value is -0.990. The van der Waals surface area contributed by atoms with Crippen LogP contribution in [-0.4, -0.2) is 49.3 Å². The summed E-state index contributed by atoms with van der Waals surface area (Å²) in [7, 11) is -4.34. The zero-order valence-corrected chi connectivity index (χ0v) is 22.9. The fraction of sp³-hybridized carbons (Fsp3) is 0.920. The summed E-state index contributed by atoms with van der Waals surface area (Å²) in [5.74, 6) is -0.851. The maximum absolute atomic E-state index is 12.3. The van der Waals surface area contributed by atoms with E-state index in [9.17, 15) is 19.0 Å². The van der Waals surface area contributed by atoms with Crippen molar-refractivity contribution in [1.82, 2.24) is 0 Å². The Morgan fingerprint density at radius 3 is 1.77 bits per heavy atom. The van der Waals surface area contributed by atoms with E-state index in [1.165, 1.54) is 44.9 Å². The van der Waals surface area contributed by atoms with Crippen LogP contribution < -0.4 is 5.73 Å². The van der Waals surface area contributed by atoms with E-state index < -0.39 is 32.5 Å². The Kier molecular flexibility index (Phi) is 22.7. The first-order chi connectivity index (χ1) is 16.8. The van der Waals surface area contributed by atoms with Gasteiger partial charge in [0.2, 0.25) is 0 Å². The van der Waals surface area contributed by atoms with Gasteiger partial charge in [-0.15, -0.1) is 0 Å². The van der Waals surface area contributed by atoms with Crippen LogP contribution in [0.3, 0.4) is 0 Å². The highest BCUT2D eigenvalue weighted by molar-refractivity contribution is 7.47. The number of rotatable bonds is 25. The van der Waals surface area contributed by atoms with Gasteiger partial charge in [0.25, 0.3) is 0 Å². The Morgan fingerprint density at radius 2 is 1.23 bits per heavy atom. The van der Waals surface area contributed by atoms with Crippen molar-refractivity contribution in [3.63, 3.8) is 0 Å². The van der Waals surface area contributed by atoms with Crippen molar-refractivity contribution in [1.29, 1.82) is 0 Å². The molecule has 9 nitrogen and oxygen atoms in total. The number of carbonyl (C=O) groups is 2. The molecule has 0 aromatic rings. The summed E-state index contributed by atoms with van der Waals surface area (Å²) in [6.45, 7) is 3.54.